The first kappa shape index (κ1) is 14.7. The van der Waals surface area contributed by atoms with Crippen LogP contribution in [0.15, 0.2) is 18.2 Å². The number of hydrogen-bond acceptors (Lipinski definition) is 5. The number of thiazole rings is 1. The average Bonchev–Trinajstić information content (AvgIpc) is 2.87. The van der Waals surface area contributed by atoms with Gasteiger partial charge in [-0.05, 0) is 31.0 Å². The van der Waals surface area contributed by atoms with Crippen LogP contribution >= 0.6 is 23.1 Å². The molecule has 1 aromatic carbocycles. The van der Waals surface area contributed by atoms with Gasteiger partial charge >= 0.3 is 0 Å². The van der Waals surface area contributed by atoms with Crippen molar-refractivity contribution in [3.05, 3.63) is 24.0 Å². The molecule has 3 rings (SSSR count). The molecule has 0 spiro atoms. The molecule has 1 unspecified atom stereocenters. The Hall–Kier alpha value is -1.18. The first-order chi connectivity index (χ1) is 10.2. The summed E-state index contributed by atoms with van der Waals surface area (Å²) in [5.41, 5.74) is 0.699. The van der Waals surface area contributed by atoms with Crippen LogP contribution < -0.4 is 5.32 Å². The van der Waals surface area contributed by atoms with Gasteiger partial charge in [0, 0.05) is 11.9 Å². The average molecular weight is 326 g/mol. The summed E-state index contributed by atoms with van der Waals surface area (Å²) in [5.74, 6) is 0.0141. The highest BCUT2D eigenvalue weighted by molar-refractivity contribution is 8.00. The van der Waals surface area contributed by atoms with E-state index in [-0.39, 0.29) is 11.7 Å². The van der Waals surface area contributed by atoms with E-state index in [0.29, 0.717) is 21.7 Å². The van der Waals surface area contributed by atoms with Gasteiger partial charge in [-0.1, -0.05) is 11.3 Å². The molecule has 1 atom stereocenters. The first-order valence-electron chi connectivity index (χ1n) is 6.76. The predicted molar refractivity (Wildman–Crippen MR) is 84.5 cm³/mol. The van der Waals surface area contributed by atoms with Crippen LogP contribution in [0.2, 0.25) is 0 Å². The van der Waals surface area contributed by atoms with Crippen molar-refractivity contribution in [2.45, 2.75) is 18.1 Å². The number of thioether (sulfide) groups is 1. The topological polar surface area (TPSA) is 51.2 Å². The Labute approximate surface area is 130 Å². The van der Waals surface area contributed by atoms with E-state index in [0.717, 1.165) is 30.8 Å². The summed E-state index contributed by atoms with van der Waals surface area (Å²) >= 11 is 2.90. The number of hydrogen-bond donors (Lipinski definition) is 1. The van der Waals surface area contributed by atoms with Gasteiger partial charge < -0.3 is 10.1 Å². The summed E-state index contributed by atoms with van der Waals surface area (Å²) in [4.78, 5) is 16.2. The van der Waals surface area contributed by atoms with Gasteiger partial charge in [0.05, 0.1) is 22.6 Å². The van der Waals surface area contributed by atoms with E-state index in [9.17, 15) is 9.18 Å². The number of halogens is 1. The van der Waals surface area contributed by atoms with E-state index in [4.69, 9.17) is 4.74 Å². The van der Waals surface area contributed by atoms with Crippen molar-refractivity contribution in [3.8, 4) is 0 Å². The molecule has 7 heteroatoms. The van der Waals surface area contributed by atoms with Crippen molar-refractivity contribution in [3.63, 3.8) is 0 Å². The SMILES string of the molecule is O=C(CSC1CCCOC1)Nc1nc2ccc(F)cc2s1. The van der Waals surface area contributed by atoms with E-state index >= 15 is 0 Å². The molecule has 21 heavy (non-hydrogen) atoms. The number of rotatable bonds is 4. The lowest BCUT2D eigenvalue weighted by Crippen LogP contribution is -2.22. The highest BCUT2D eigenvalue weighted by atomic mass is 32.2. The Kier molecular flexibility index (Phi) is 4.72. The smallest absolute Gasteiger partial charge is 0.236 e. The van der Waals surface area contributed by atoms with Gasteiger partial charge in [0.15, 0.2) is 5.13 Å². The molecule has 2 aromatic rings. The van der Waals surface area contributed by atoms with Gasteiger partial charge in [0.2, 0.25) is 5.91 Å². The monoisotopic (exact) mass is 326 g/mol. The van der Waals surface area contributed by atoms with Gasteiger partial charge in [0.25, 0.3) is 0 Å². The van der Waals surface area contributed by atoms with Gasteiger partial charge in [-0.25, -0.2) is 9.37 Å². The maximum absolute atomic E-state index is 13.1. The van der Waals surface area contributed by atoms with Crippen LogP contribution in [-0.4, -0.2) is 35.1 Å². The number of anilines is 1. The highest BCUT2D eigenvalue weighted by Crippen LogP contribution is 2.27. The molecular formula is C14H15FN2O2S2. The number of nitrogens with zero attached hydrogens (tertiary/aromatic N) is 1. The largest absolute Gasteiger partial charge is 0.380 e. The Morgan fingerprint density at radius 2 is 2.48 bits per heavy atom. The third-order valence-electron chi connectivity index (χ3n) is 3.17. The Bertz CT molecular complexity index is 641. The van der Waals surface area contributed by atoms with Gasteiger partial charge in [-0.15, -0.1) is 11.8 Å². The second kappa shape index (κ2) is 6.72. The molecule has 0 radical (unpaired) electrons. The Morgan fingerprint density at radius 3 is 3.29 bits per heavy atom. The molecule has 1 fully saturated rings. The maximum atomic E-state index is 13.1. The molecule has 1 N–H and O–H groups in total. The molecule has 1 aliphatic heterocycles. The van der Waals surface area contributed by atoms with Crippen molar-refractivity contribution in [2.75, 3.05) is 24.3 Å². The minimum atomic E-state index is -0.295. The highest BCUT2D eigenvalue weighted by Gasteiger charge is 2.16. The number of nitrogens with one attached hydrogen (secondary N) is 1. The minimum Gasteiger partial charge on any atom is -0.380 e. The number of fused-ring (bicyclic) bond motifs is 1. The van der Waals surface area contributed by atoms with Crippen LogP contribution in [0, 0.1) is 5.82 Å². The van der Waals surface area contributed by atoms with Gasteiger partial charge in [-0.3, -0.25) is 4.79 Å². The fraction of sp³-hybridized carbons (Fsp3) is 0.429. The number of carbonyl (C=O) groups is 1. The Balaban J connectivity index is 1.55. The van der Waals surface area contributed by atoms with E-state index in [1.54, 1.807) is 17.8 Å². The molecule has 1 amide bonds. The summed E-state index contributed by atoms with van der Waals surface area (Å²) in [6, 6.07) is 4.41. The summed E-state index contributed by atoms with van der Waals surface area (Å²) in [6.07, 6.45) is 2.15. The number of carbonyl (C=O) groups excluding carboxylic acids is 1. The second-order valence-corrected chi connectivity index (χ2v) is 7.15. The van der Waals surface area contributed by atoms with E-state index in [1.165, 1.54) is 23.5 Å². The third kappa shape index (κ3) is 3.93. The fourth-order valence-electron chi connectivity index (χ4n) is 2.14. The van der Waals surface area contributed by atoms with Crippen molar-refractivity contribution in [1.82, 2.24) is 4.98 Å². The van der Waals surface area contributed by atoms with E-state index in [2.05, 4.69) is 10.3 Å². The maximum Gasteiger partial charge on any atom is 0.236 e. The van der Waals surface area contributed by atoms with Crippen molar-refractivity contribution in [2.24, 2.45) is 0 Å². The lowest BCUT2D eigenvalue weighted by Gasteiger charge is -2.20. The standard InChI is InChI=1S/C14H15FN2O2S2/c15-9-3-4-11-12(6-9)21-14(16-11)17-13(18)8-20-10-2-1-5-19-7-10/h3-4,6,10H,1-2,5,7-8H2,(H,16,17,18). The first-order valence-corrected chi connectivity index (χ1v) is 8.62. The lowest BCUT2D eigenvalue weighted by atomic mass is 10.2. The molecule has 1 saturated heterocycles. The number of amides is 1. The minimum absolute atomic E-state index is 0.0786. The zero-order chi connectivity index (χ0) is 14.7. The third-order valence-corrected chi connectivity index (χ3v) is 5.37. The van der Waals surface area contributed by atoms with E-state index < -0.39 is 0 Å². The van der Waals surface area contributed by atoms with Crippen LogP contribution in [0.25, 0.3) is 10.2 Å². The van der Waals surface area contributed by atoms with Crippen molar-refractivity contribution in [1.29, 1.82) is 0 Å². The second-order valence-electron chi connectivity index (χ2n) is 4.83. The summed E-state index contributed by atoms with van der Waals surface area (Å²) < 4.78 is 19.2. The Morgan fingerprint density at radius 1 is 1.57 bits per heavy atom. The molecule has 112 valence electrons. The molecule has 0 saturated carbocycles. The van der Waals surface area contributed by atoms with E-state index in [1.807, 2.05) is 0 Å². The fourth-order valence-corrected chi connectivity index (χ4v) is 4.04. The molecule has 1 aliphatic rings. The quantitative estimate of drug-likeness (QED) is 0.937. The number of benzene rings is 1. The summed E-state index contributed by atoms with van der Waals surface area (Å²) in [7, 11) is 0. The van der Waals surface area contributed by atoms with Crippen LogP contribution in [0.3, 0.4) is 0 Å². The van der Waals surface area contributed by atoms with Crippen molar-refractivity contribution < 1.29 is 13.9 Å². The van der Waals surface area contributed by atoms with Crippen LogP contribution in [0.1, 0.15) is 12.8 Å². The number of aromatic nitrogens is 1. The van der Waals surface area contributed by atoms with Gasteiger partial charge in [0.1, 0.15) is 5.82 Å². The van der Waals surface area contributed by atoms with Crippen LogP contribution in [-0.2, 0) is 9.53 Å². The predicted octanol–water partition coefficient (Wildman–Crippen LogP) is 3.29. The molecule has 2 heterocycles. The normalized spacial score (nSPS) is 18.8. The zero-order valence-corrected chi connectivity index (χ0v) is 12.9. The number of ether oxygens (including phenoxy) is 1. The summed E-state index contributed by atoms with van der Waals surface area (Å²) in [5, 5.41) is 3.69. The van der Waals surface area contributed by atoms with Gasteiger partial charge in [-0.2, -0.15) is 0 Å². The van der Waals surface area contributed by atoms with Crippen LogP contribution in [0.4, 0.5) is 9.52 Å². The lowest BCUT2D eigenvalue weighted by molar-refractivity contribution is -0.113. The molecule has 4 nitrogen and oxygen atoms in total. The molecular weight excluding hydrogens is 311 g/mol. The van der Waals surface area contributed by atoms with Crippen LogP contribution in [0.5, 0.6) is 0 Å². The summed E-state index contributed by atoms with van der Waals surface area (Å²) in [6.45, 7) is 1.55. The molecule has 1 aromatic heterocycles. The molecule has 0 bridgehead atoms. The zero-order valence-electron chi connectivity index (χ0n) is 11.3. The molecule has 0 aliphatic carbocycles. The van der Waals surface area contributed by atoms with Crippen molar-refractivity contribution >= 4 is 44.4 Å².